The Hall–Kier alpha value is -2.73. The molecule has 0 aromatic heterocycles. The second kappa shape index (κ2) is 11.2. The Kier molecular flexibility index (Phi) is 8.00. The average Bonchev–Trinajstić information content (AvgIpc) is 2.77. The lowest BCUT2D eigenvalue weighted by molar-refractivity contribution is 0.122. The van der Waals surface area contributed by atoms with E-state index in [1.807, 2.05) is 30.3 Å². The zero-order chi connectivity index (χ0) is 19.4. The van der Waals surface area contributed by atoms with Gasteiger partial charge >= 0.3 is 0 Å². The number of nitrogens with zero attached hydrogens (tertiary/aromatic N) is 2. The van der Waals surface area contributed by atoms with Crippen LogP contribution in [-0.4, -0.2) is 52.5 Å². The minimum atomic E-state index is 0.674. The van der Waals surface area contributed by atoms with Crippen LogP contribution in [0.3, 0.4) is 0 Å². The molecule has 0 atom stereocenters. The van der Waals surface area contributed by atoms with Gasteiger partial charge in [0.15, 0.2) is 5.96 Å². The van der Waals surface area contributed by atoms with Crippen molar-refractivity contribution in [1.82, 2.24) is 10.6 Å². The minimum Gasteiger partial charge on any atom is -0.494 e. The zero-order valence-corrected chi connectivity index (χ0v) is 16.6. The maximum absolute atomic E-state index is 5.72. The number of para-hydroxylation sites is 2. The lowest BCUT2D eigenvalue weighted by Crippen LogP contribution is -2.39. The number of ether oxygens (including phenoxy) is 2. The van der Waals surface area contributed by atoms with E-state index in [1.165, 1.54) is 11.3 Å². The zero-order valence-electron chi connectivity index (χ0n) is 16.6. The van der Waals surface area contributed by atoms with Crippen LogP contribution in [0.1, 0.15) is 12.0 Å². The number of rotatable bonds is 8. The maximum atomic E-state index is 5.72. The third-order valence-electron chi connectivity index (χ3n) is 4.64. The normalized spacial score (nSPS) is 14.6. The quantitative estimate of drug-likeness (QED) is 0.418. The molecule has 28 heavy (non-hydrogen) atoms. The third kappa shape index (κ3) is 6.16. The van der Waals surface area contributed by atoms with Crippen molar-refractivity contribution in [2.45, 2.75) is 13.0 Å². The van der Waals surface area contributed by atoms with Crippen molar-refractivity contribution in [1.29, 1.82) is 0 Å². The molecule has 1 fully saturated rings. The molecule has 150 valence electrons. The van der Waals surface area contributed by atoms with Crippen LogP contribution in [0.15, 0.2) is 59.6 Å². The summed E-state index contributed by atoms with van der Waals surface area (Å²) in [5.41, 5.74) is 2.53. The molecule has 0 unspecified atom stereocenters. The van der Waals surface area contributed by atoms with Crippen LogP contribution in [0, 0.1) is 0 Å². The third-order valence-corrected chi connectivity index (χ3v) is 4.64. The predicted octanol–water partition coefficient (Wildman–Crippen LogP) is 2.66. The topological polar surface area (TPSA) is 58.1 Å². The molecular formula is C22H30N4O2. The summed E-state index contributed by atoms with van der Waals surface area (Å²) in [4.78, 5) is 6.71. The minimum absolute atomic E-state index is 0.674. The van der Waals surface area contributed by atoms with Gasteiger partial charge in [0.05, 0.1) is 19.8 Å². The molecule has 1 saturated heterocycles. The summed E-state index contributed by atoms with van der Waals surface area (Å²) in [5.74, 6) is 1.71. The molecule has 6 heteroatoms. The second-order valence-electron chi connectivity index (χ2n) is 6.60. The van der Waals surface area contributed by atoms with Gasteiger partial charge in [-0.25, -0.2) is 0 Å². The van der Waals surface area contributed by atoms with Crippen LogP contribution in [-0.2, 0) is 11.3 Å². The van der Waals surface area contributed by atoms with E-state index in [0.717, 1.165) is 57.5 Å². The number of anilines is 1. The van der Waals surface area contributed by atoms with Gasteiger partial charge in [-0.3, -0.25) is 4.99 Å². The predicted molar refractivity (Wildman–Crippen MR) is 114 cm³/mol. The first-order valence-corrected chi connectivity index (χ1v) is 9.90. The van der Waals surface area contributed by atoms with E-state index in [2.05, 4.69) is 44.8 Å². The van der Waals surface area contributed by atoms with E-state index in [4.69, 9.17) is 9.47 Å². The van der Waals surface area contributed by atoms with E-state index >= 15 is 0 Å². The Balaban J connectivity index is 1.42. The van der Waals surface area contributed by atoms with E-state index in [9.17, 15) is 0 Å². The van der Waals surface area contributed by atoms with Crippen LogP contribution in [0.4, 0.5) is 5.69 Å². The highest BCUT2D eigenvalue weighted by atomic mass is 16.5. The maximum Gasteiger partial charge on any atom is 0.191 e. The van der Waals surface area contributed by atoms with Gasteiger partial charge in [0.25, 0.3) is 0 Å². The highest BCUT2D eigenvalue weighted by molar-refractivity contribution is 5.79. The smallest absolute Gasteiger partial charge is 0.191 e. The van der Waals surface area contributed by atoms with Crippen molar-refractivity contribution in [3.8, 4) is 5.75 Å². The summed E-state index contributed by atoms with van der Waals surface area (Å²) >= 11 is 0. The summed E-state index contributed by atoms with van der Waals surface area (Å²) in [6.07, 6.45) is 0.903. The molecule has 2 aromatic rings. The van der Waals surface area contributed by atoms with Crippen molar-refractivity contribution in [3.05, 3.63) is 60.2 Å². The first-order chi connectivity index (χ1) is 13.9. The summed E-state index contributed by atoms with van der Waals surface area (Å²) in [7, 11) is 1.80. The standard InChI is InChI=1S/C22H30N4O2/c1-23-22(24-12-7-15-28-20-9-3-2-4-10-20)25-18-19-8-5-6-11-21(19)26-13-16-27-17-14-26/h2-6,8-11H,7,12-18H2,1H3,(H2,23,24,25). The van der Waals surface area contributed by atoms with E-state index in [1.54, 1.807) is 7.05 Å². The Morgan fingerprint density at radius 2 is 1.79 bits per heavy atom. The lowest BCUT2D eigenvalue weighted by atomic mass is 10.1. The number of hydrogen-bond donors (Lipinski definition) is 2. The molecule has 6 nitrogen and oxygen atoms in total. The Labute approximate surface area is 167 Å². The Morgan fingerprint density at radius 1 is 1.04 bits per heavy atom. The van der Waals surface area contributed by atoms with Crippen molar-refractivity contribution < 1.29 is 9.47 Å². The number of hydrogen-bond acceptors (Lipinski definition) is 4. The largest absolute Gasteiger partial charge is 0.494 e. The number of aliphatic imine (C=N–C) groups is 1. The van der Waals surface area contributed by atoms with Gasteiger partial charge in [-0.05, 0) is 30.2 Å². The van der Waals surface area contributed by atoms with Crippen LogP contribution in [0.5, 0.6) is 5.75 Å². The van der Waals surface area contributed by atoms with Gasteiger partial charge in [-0.15, -0.1) is 0 Å². The Morgan fingerprint density at radius 3 is 2.57 bits per heavy atom. The van der Waals surface area contributed by atoms with E-state index in [0.29, 0.717) is 6.61 Å². The molecule has 2 aromatic carbocycles. The molecule has 0 aliphatic carbocycles. The van der Waals surface area contributed by atoms with Gasteiger partial charge in [0, 0.05) is 38.9 Å². The van der Waals surface area contributed by atoms with E-state index in [-0.39, 0.29) is 0 Å². The summed E-state index contributed by atoms with van der Waals surface area (Å²) < 4.78 is 11.2. The molecule has 0 bridgehead atoms. The van der Waals surface area contributed by atoms with Crippen LogP contribution >= 0.6 is 0 Å². The summed E-state index contributed by atoms with van der Waals surface area (Å²) in [5, 5.41) is 6.76. The number of morpholine rings is 1. The fraction of sp³-hybridized carbons (Fsp3) is 0.409. The van der Waals surface area contributed by atoms with Gasteiger partial charge < -0.3 is 25.0 Å². The summed E-state index contributed by atoms with van der Waals surface area (Å²) in [6, 6.07) is 18.4. The average molecular weight is 383 g/mol. The highest BCUT2D eigenvalue weighted by Crippen LogP contribution is 2.21. The molecule has 0 saturated carbocycles. The van der Waals surface area contributed by atoms with Crippen molar-refractivity contribution in [2.24, 2.45) is 4.99 Å². The summed E-state index contributed by atoms with van der Waals surface area (Å²) in [6.45, 7) is 5.65. The van der Waals surface area contributed by atoms with Crippen LogP contribution < -0.4 is 20.3 Å². The molecule has 0 spiro atoms. The number of benzene rings is 2. The molecule has 1 aliphatic heterocycles. The molecule has 1 aliphatic rings. The highest BCUT2D eigenvalue weighted by Gasteiger charge is 2.14. The SMILES string of the molecule is CN=C(NCCCOc1ccccc1)NCc1ccccc1N1CCOCC1. The number of nitrogens with one attached hydrogen (secondary N) is 2. The van der Waals surface area contributed by atoms with Gasteiger partial charge in [-0.2, -0.15) is 0 Å². The van der Waals surface area contributed by atoms with Crippen LogP contribution in [0.2, 0.25) is 0 Å². The van der Waals surface area contributed by atoms with Crippen molar-refractivity contribution in [3.63, 3.8) is 0 Å². The monoisotopic (exact) mass is 382 g/mol. The number of guanidine groups is 1. The first kappa shape index (κ1) is 20.0. The molecule has 3 rings (SSSR count). The molecule has 0 amide bonds. The molecular weight excluding hydrogens is 352 g/mol. The van der Waals surface area contributed by atoms with Crippen molar-refractivity contribution in [2.75, 3.05) is 51.4 Å². The molecule has 0 radical (unpaired) electrons. The van der Waals surface area contributed by atoms with Crippen molar-refractivity contribution >= 4 is 11.6 Å². The lowest BCUT2D eigenvalue weighted by Gasteiger charge is -2.30. The van der Waals surface area contributed by atoms with Gasteiger partial charge in [0.2, 0.25) is 0 Å². The molecule has 2 N–H and O–H groups in total. The fourth-order valence-corrected chi connectivity index (χ4v) is 3.16. The van der Waals surface area contributed by atoms with Gasteiger partial charge in [0.1, 0.15) is 5.75 Å². The first-order valence-electron chi connectivity index (χ1n) is 9.90. The van der Waals surface area contributed by atoms with Crippen LogP contribution in [0.25, 0.3) is 0 Å². The molecule has 1 heterocycles. The van der Waals surface area contributed by atoms with E-state index < -0.39 is 0 Å². The fourth-order valence-electron chi connectivity index (χ4n) is 3.16. The second-order valence-corrected chi connectivity index (χ2v) is 6.60. The van der Waals surface area contributed by atoms with Gasteiger partial charge in [-0.1, -0.05) is 36.4 Å². The Bertz CT molecular complexity index is 730.